The smallest absolute Gasteiger partial charge is 0.136 e. The molecule has 0 spiro atoms. The van der Waals surface area contributed by atoms with Crippen LogP contribution < -0.4 is 5.32 Å². The van der Waals surface area contributed by atoms with Crippen molar-refractivity contribution in [3.05, 3.63) is 35.8 Å². The summed E-state index contributed by atoms with van der Waals surface area (Å²) in [5, 5.41) is 12.5. The van der Waals surface area contributed by atoms with Crippen molar-refractivity contribution in [2.24, 2.45) is 0 Å². The minimum Gasteiger partial charge on any atom is -0.393 e. The number of aliphatic hydroxyl groups excluding tert-OH is 1. The number of pyridine rings is 1. The molecule has 1 atom stereocenters. The number of hydrogen-bond acceptors (Lipinski definition) is 3. The molecule has 0 saturated heterocycles. The zero-order chi connectivity index (χ0) is 12.3. The molecule has 2 aromatic rings. The lowest BCUT2D eigenvalue weighted by atomic mass is 10.3. The average molecular weight is 233 g/mol. The minimum absolute atomic E-state index is 0.244. The quantitative estimate of drug-likeness (QED) is 0.769. The predicted molar refractivity (Wildman–Crippen MR) is 67.9 cm³/mol. The van der Waals surface area contributed by atoms with E-state index in [-0.39, 0.29) is 6.10 Å². The van der Waals surface area contributed by atoms with Crippen LogP contribution in [0.3, 0.4) is 0 Å². The monoisotopic (exact) mass is 233 g/mol. The zero-order valence-corrected chi connectivity index (χ0v) is 10.3. The molecule has 2 N–H and O–H groups in total. The number of nitrogens with one attached hydrogen (secondary N) is 1. The third-order valence-electron chi connectivity index (χ3n) is 2.78. The Morgan fingerprint density at radius 3 is 3.06 bits per heavy atom. The molecule has 2 aromatic heterocycles. The second-order valence-electron chi connectivity index (χ2n) is 4.50. The first kappa shape index (κ1) is 12.1. The Kier molecular flexibility index (Phi) is 3.76. The number of imidazole rings is 1. The van der Waals surface area contributed by atoms with E-state index < -0.39 is 0 Å². The highest BCUT2D eigenvalue weighted by atomic mass is 16.3. The number of aryl methyl sites for hydroxylation is 1. The van der Waals surface area contributed by atoms with Gasteiger partial charge in [-0.1, -0.05) is 6.07 Å². The van der Waals surface area contributed by atoms with Gasteiger partial charge >= 0.3 is 0 Å². The highest BCUT2D eigenvalue weighted by molar-refractivity contribution is 5.41. The van der Waals surface area contributed by atoms with Crippen LogP contribution in [-0.4, -0.2) is 27.1 Å². The number of aliphatic hydroxyl groups is 1. The van der Waals surface area contributed by atoms with Crippen molar-refractivity contribution >= 4 is 5.65 Å². The molecule has 0 aliphatic heterocycles. The number of rotatable bonds is 5. The average Bonchev–Trinajstić information content (AvgIpc) is 2.67. The van der Waals surface area contributed by atoms with E-state index in [0.29, 0.717) is 0 Å². The molecule has 4 nitrogen and oxygen atoms in total. The summed E-state index contributed by atoms with van der Waals surface area (Å²) in [7, 11) is 0. The maximum Gasteiger partial charge on any atom is 0.136 e. The molecule has 0 radical (unpaired) electrons. The molecule has 1 unspecified atom stereocenters. The van der Waals surface area contributed by atoms with Crippen molar-refractivity contribution in [3.63, 3.8) is 0 Å². The second kappa shape index (κ2) is 5.29. The van der Waals surface area contributed by atoms with Gasteiger partial charge in [0.25, 0.3) is 0 Å². The Bertz CT molecular complexity index is 490. The normalized spacial score (nSPS) is 13.1. The lowest BCUT2D eigenvalue weighted by Gasteiger charge is -2.06. The number of hydrogen-bond donors (Lipinski definition) is 2. The van der Waals surface area contributed by atoms with Crippen LogP contribution in [-0.2, 0) is 6.54 Å². The first-order valence-corrected chi connectivity index (χ1v) is 5.98. The van der Waals surface area contributed by atoms with Gasteiger partial charge in [-0.05, 0) is 38.4 Å². The molecule has 0 fully saturated rings. The minimum atomic E-state index is -0.244. The van der Waals surface area contributed by atoms with Gasteiger partial charge in [0.2, 0.25) is 0 Å². The van der Waals surface area contributed by atoms with E-state index in [2.05, 4.69) is 33.9 Å². The van der Waals surface area contributed by atoms with E-state index in [1.807, 2.05) is 12.3 Å². The van der Waals surface area contributed by atoms with E-state index in [1.54, 1.807) is 6.92 Å². The molecule has 4 heteroatoms. The molecule has 0 amide bonds. The first-order chi connectivity index (χ1) is 8.16. The van der Waals surface area contributed by atoms with Crippen molar-refractivity contribution in [3.8, 4) is 0 Å². The molecule has 17 heavy (non-hydrogen) atoms. The molecule has 0 aliphatic rings. The summed E-state index contributed by atoms with van der Waals surface area (Å²) in [5.74, 6) is 0. The van der Waals surface area contributed by atoms with Gasteiger partial charge in [0.1, 0.15) is 5.65 Å². The van der Waals surface area contributed by atoms with Crippen LogP contribution in [0.1, 0.15) is 24.6 Å². The van der Waals surface area contributed by atoms with Gasteiger partial charge in [-0.15, -0.1) is 0 Å². The number of fused-ring (bicyclic) bond motifs is 1. The molecule has 92 valence electrons. The van der Waals surface area contributed by atoms with Crippen LogP contribution in [0.15, 0.2) is 24.5 Å². The fraction of sp³-hybridized carbons (Fsp3) is 0.462. The van der Waals surface area contributed by atoms with Crippen molar-refractivity contribution < 1.29 is 5.11 Å². The summed E-state index contributed by atoms with van der Waals surface area (Å²) in [6.07, 6.45) is 4.51. The standard InChI is InChI=1S/C13H19N3O/c1-10-3-4-13-15-8-12(16(13)9-10)7-14-6-5-11(2)17/h3-4,8-9,11,14,17H,5-7H2,1-2H3. The van der Waals surface area contributed by atoms with Crippen LogP contribution in [0.25, 0.3) is 5.65 Å². The first-order valence-electron chi connectivity index (χ1n) is 5.98. The van der Waals surface area contributed by atoms with Crippen molar-refractivity contribution in [1.29, 1.82) is 0 Å². The maximum atomic E-state index is 9.16. The van der Waals surface area contributed by atoms with E-state index in [1.165, 1.54) is 5.56 Å². The topological polar surface area (TPSA) is 49.6 Å². The Morgan fingerprint density at radius 1 is 1.47 bits per heavy atom. The van der Waals surface area contributed by atoms with Gasteiger partial charge in [0, 0.05) is 12.7 Å². The summed E-state index contributed by atoms with van der Waals surface area (Å²) in [6, 6.07) is 4.08. The summed E-state index contributed by atoms with van der Waals surface area (Å²) in [4.78, 5) is 4.35. The summed E-state index contributed by atoms with van der Waals surface area (Å²) < 4.78 is 2.10. The number of aromatic nitrogens is 2. The van der Waals surface area contributed by atoms with E-state index in [4.69, 9.17) is 5.11 Å². The Hall–Kier alpha value is -1.39. The highest BCUT2D eigenvalue weighted by Crippen LogP contribution is 2.08. The van der Waals surface area contributed by atoms with Crippen LogP contribution in [0, 0.1) is 6.92 Å². The molecule has 0 aromatic carbocycles. The molecular formula is C13H19N3O. The number of nitrogens with zero attached hydrogens (tertiary/aromatic N) is 2. The SMILES string of the molecule is Cc1ccc2ncc(CNCCC(C)O)n2c1. The van der Waals surface area contributed by atoms with Gasteiger partial charge in [0.15, 0.2) is 0 Å². The van der Waals surface area contributed by atoms with Gasteiger partial charge in [0.05, 0.1) is 18.0 Å². The van der Waals surface area contributed by atoms with Crippen LogP contribution in [0.2, 0.25) is 0 Å². The molecule has 0 aliphatic carbocycles. The molecular weight excluding hydrogens is 214 g/mol. The van der Waals surface area contributed by atoms with Crippen molar-refractivity contribution in [2.75, 3.05) is 6.54 Å². The van der Waals surface area contributed by atoms with Crippen molar-refractivity contribution in [2.45, 2.75) is 32.9 Å². The summed E-state index contributed by atoms with van der Waals surface area (Å²) in [6.45, 7) is 5.47. The van der Waals surface area contributed by atoms with E-state index in [9.17, 15) is 0 Å². The predicted octanol–water partition coefficient (Wildman–Crippen LogP) is 1.50. The highest BCUT2D eigenvalue weighted by Gasteiger charge is 2.02. The van der Waals surface area contributed by atoms with Crippen LogP contribution in [0.4, 0.5) is 0 Å². The third kappa shape index (κ3) is 3.05. The largest absolute Gasteiger partial charge is 0.393 e. The van der Waals surface area contributed by atoms with Gasteiger partial charge in [-0.2, -0.15) is 0 Å². The lowest BCUT2D eigenvalue weighted by molar-refractivity contribution is 0.183. The van der Waals surface area contributed by atoms with E-state index >= 15 is 0 Å². The van der Waals surface area contributed by atoms with Gasteiger partial charge in [-0.3, -0.25) is 0 Å². The molecule has 2 rings (SSSR count). The third-order valence-corrected chi connectivity index (χ3v) is 2.78. The fourth-order valence-corrected chi connectivity index (χ4v) is 1.80. The fourth-order valence-electron chi connectivity index (χ4n) is 1.80. The zero-order valence-electron chi connectivity index (χ0n) is 10.3. The van der Waals surface area contributed by atoms with Gasteiger partial charge < -0.3 is 14.8 Å². The summed E-state index contributed by atoms with van der Waals surface area (Å²) >= 11 is 0. The molecule has 2 heterocycles. The van der Waals surface area contributed by atoms with Crippen LogP contribution in [0.5, 0.6) is 0 Å². The Labute approximate surface area is 101 Å². The van der Waals surface area contributed by atoms with E-state index in [0.717, 1.165) is 30.9 Å². The Balaban J connectivity index is 2.01. The second-order valence-corrected chi connectivity index (χ2v) is 4.50. The van der Waals surface area contributed by atoms with Crippen LogP contribution >= 0.6 is 0 Å². The molecule has 0 bridgehead atoms. The van der Waals surface area contributed by atoms with Gasteiger partial charge in [-0.25, -0.2) is 4.98 Å². The molecule has 0 saturated carbocycles. The lowest BCUT2D eigenvalue weighted by Crippen LogP contribution is -2.19. The maximum absolute atomic E-state index is 9.16. The Morgan fingerprint density at radius 2 is 2.29 bits per heavy atom. The van der Waals surface area contributed by atoms with Crippen molar-refractivity contribution in [1.82, 2.24) is 14.7 Å². The summed E-state index contributed by atoms with van der Waals surface area (Å²) in [5.41, 5.74) is 3.35.